The highest BCUT2D eigenvalue weighted by Gasteiger charge is 2.64. The molecule has 3 rings (SSSR count). The Labute approximate surface area is 177 Å². The molecule has 0 amide bonds. The van der Waals surface area contributed by atoms with E-state index in [4.69, 9.17) is 0 Å². The summed E-state index contributed by atoms with van der Waals surface area (Å²) in [6.45, 7) is 5.45. The van der Waals surface area contributed by atoms with Gasteiger partial charge in [-0.1, -0.05) is 63.2 Å². The Bertz CT molecular complexity index is 1140. The fraction of sp³-hybridized carbons (Fsp3) is 0.300. The minimum absolute atomic E-state index is 0.0524. The fourth-order valence-electron chi connectivity index (χ4n) is 3.13. The van der Waals surface area contributed by atoms with E-state index in [0.717, 1.165) is 12.1 Å². The van der Waals surface area contributed by atoms with Gasteiger partial charge in [-0.2, -0.15) is 38.4 Å². The molecule has 1 heterocycles. The van der Waals surface area contributed by atoms with Crippen LogP contribution < -0.4 is 0 Å². The number of hydrogen-bond donors (Lipinski definition) is 0. The molecular formula is C20H18F6O3S2. The monoisotopic (exact) mass is 484 g/mol. The van der Waals surface area contributed by atoms with E-state index in [1.165, 1.54) is 36.4 Å². The predicted octanol–water partition coefficient (Wildman–Crippen LogP) is 6.96. The summed E-state index contributed by atoms with van der Waals surface area (Å²) < 4.78 is 111. The van der Waals surface area contributed by atoms with Crippen molar-refractivity contribution in [3.63, 3.8) is 0 Å². The molecule has 31 heavy (non-hydrogen) atoms. The van der Waals surface area contributed by atoms with Crippen molar-refractivity contribution in [2.75, 3.05) is 0 Å². The van der Waals surface area contributed by atoms with Gasteiger partial charge in [0.2, 0.25) is 0 Å². The lowest BCUT2D eigenvalue weighted by Crippen LogP contribution is -2.32. The smallest absolute Gasteiger partial charge is 0.196 e. The quantitative estimate of drug-likeness (QED) is 0.349. The zero-order valence-electron chi connectivity index (χ0n) is 16.5. The molecule has 0 spiro atoms. The number of rotatable bonds is 3. The van der Waals surface area contributed by atoms with Gasteiger partial charge in [0.05, 0.1) is 0 Å². The molecule has 2 aromatic rings. The van der Waals surface area contributed by atoms with E-state index >= 15 is 0 Å². The first-order chi connectivity index (χ1) is 14.0. The maximum absolute atomic E-state index is 14.5. The van der Waals surface area contributed by atoms with E-state index in [-0.39, 0.29) is 11.1 Å². The molecule has 0 saturated carbocycles. The summed E-state index contributed by atoms with van der Waals surface area (Å²) in [5.41, 5.74) is -11.4. The number of fused-ring (bicyclic) bond motifs is 1. The highest BCUT2D eigenvalue weighted by molar-refractivity contribution is 8.41. The van der Waals surface area contributed by atoms with Crippen LogP contribution in [0.5, 0.6) is 0 Å². The zero-order valence-corrected chi connectivity index (χ0v) is 18.1. The van der Waals surface area contributed by atoms with E-state index < -0.39 is 46.7 Å². The number of hydrogen-bond acceptors (Lipinski definition) is 3. The molecule has 3 nitrogen and oxygen atoms in total. The fourth-order valence-corrected chi connectivity index (χ4v) is 7.62. The van der Waals surface area contributed by atoms with Crippen LogP contribution in [0.2, 0.25) is 0 Å². The first kappa shape index (κ1) is 23.7. The Balaban J connectivity index is 2.35. The maximum Gasteiger partial charge on any atom is 0.523 e. The molecule has 1 unspecified atom stereocenters. The van der Waals surface area contributed by atoms with Crippen LogP contribution in [0.4, 0.5) is 26.3 Å². The molecule has 1 aliphatic heterocycles. The van der Waals surface area contributed by atoms with Crippen molar-refractivity contribution in [3.05, 3.63) is 65.2 Å². The molecule has 11 heteroatoms. The Hall–Kier alpha value is -1.98. The van der Waals surface area contributed by atoms with Crippen molar-refractivity contribution in [3.8, 4) is 0 Å². The van der Waals surface area contributed by atoms with Gasteiger partial charge in [0.25, 0.3) is 0 Å². The molecular weight excluding hydrogens is 466 g/mol. The van der Waals surface area contributed by atoms with E-state index in [1.807, 2.05) is 20.8 Å². The molecule has 0 fully saturated rings. The highest BCUT2D eigenvalue weighted by atomic mass is 32.3. The third-order valence-corrected chi connectivity index (χ3v) is 9.36. The third kappa shape index (κ3) is 3.98. The van der Waals surface area contributed by atoms with Crippen LogP contribution in [0.25, 0.3) is 11.0 Å². The summed E-state index contributed by atoms with van der Waals surface area (Å²) in [4.78, 5) is -1.30. The molecule has 0 radical (unpaired) electrons. The van der Waals surface area contributed by atoms with Gasteiger partial charge in [0.1, 0.15) is 0 Å². The largest absolute Gasteiger partial charge is 0.523 e. The first-order valence-electron chi connectivity index (χ1n) is 8.84. The number of benzene rings is 2. The van der Waals surface area contributed by atoms with Crippen LogP contribution in [0.3, 0.4) is 0 Å². The van der Waals surface area contributed by atoms with Crippen LogP contribution in [0.15, 0.2) is 53.4 Å². The molecule has 2 aromatic carbocycles. The van der Waals surface area contributed by atoms with Gasteiger partial charge in [-0.15, -0.1) is 0 Å². The lowest BCUT2D eigenvalue weighted by molar-refractivity contribution is -0.0543. The van der Waals surface area contributed by atoms with Gasteiger partial charge >= 0.3 is 21.1 Å². The Morgan fingerprint density at radius 3 is 2.03 bits per heavy atom. The number of halogens is 6. The lowest BCUT2D eigenvalue weighted by atomic mass is 9.86. The summed E-state index contributed by atoms with van der Waals surface area (Å²) >= 11 is 0. The maximum atomic E-state index is 14.5. The topological polar surface area (TPSA) is 43.4 Å². The molecule has 0 aliphatic carbocycles. The van der Waals surface area contributed by atoms with Crippen molar-refractivity contribution in [2.45, 2.75) is 42.1 Å². The summed E-state index contributed by atoms with van der Waals surface area (Å²) in [5, 5.41) is 0. The predicted molar refractivity (Wildman–Crippen MR) is 107 cm³/mol. The van der Waals surface area contributed by atoms with Crippen LogP contribution >= 0.6 is 10.3 Å². The Morgan fingerprint density at radius 2 is 1.48 bits per heavy atom. The zero-order chi connectivity index (χ0) is 23.5. The molecule has 0 N–H and O–H groups in total. The molecule has 0 aromatic heterocycles. The SMILES string of the molecule is CC(C)(C)c1cccc(C2=Cc3ccccc3S2(OS(=O)(=O)C(F)(F)F)C(F)(F)F)c1. The average Bonchev–Trinajstić information content (AvgIpc) is 2.95. The standard InChI is InChI=1S/C20H18F6O3S2/c1-18(2,3)15-9-6-8-13(11-15)17-12-14-7-4-5-10-16(14)30(17,19(21,22)23)29-31(27,28)20(24,25)26/h4-12H,1-3H3. The van der Waals surface area contributed by atoms with Crippen LogP contribution in [-0.2, 0) is 19.2 Å². The third-order valence-electron chi connectivity index (χ3n) is 4.64. The van der Waals surface area contributed by atoms with Crippen LogP contribution in [-0.4, -0.2) is 19.4 Å². The van der Waals surface area contributed by atoms with Gasteiger partial charge in [0, 0.05) is 20.1 Å². The van der Waals surface area contributed by atoms with Gasteiger partial charge < -0.3 is 0 Å². The van der Waals surface area contributed by atoms with Crippen LogP contribution in [0.1, 0.15) is 37.5 Å². The van der Waals surface area contributed by atoms with Gasteiger partial charge in [-0.05, 0) is 34.2 Å². The highest BCUT2D eigenvalue weighted by Crippen LogP contribution is 2.80. The van der Waals surface area contributed by atoms with Gasteiger partial charge in [-0.25, -0.2) is 0 Å². The van der Waals surface area contributed by atoms with Crippen molar-refractivity contribution in [1.29, 1.82) is 0 Å². The van der Waals surface area contributed by atoms with E-state index in [1.54, 1.807) is 6.07 Å². The summed E-state index contributed by atoms with van der Waals surface area (Å²) in [6.07, 6.45) is 1.05. The van der Waals surface area contributed by atoms with Crippen molar-refractivity contribution in [1.82, 2.24) is 0 Å². The second-order valence-corrected chi connectivity index (χ2v) is 12.2. The van der Waals surface area contributed by atoms with Gasteiger partial charge in [0.15, 0.2) is 0 Å². The van der Waals surface area contributed by atoms with Crippen molar-refractivity contribution < 1.29 is 38.4 Å². The average molecular weight is 484 g/mol. The van der Waals surface area contributed by atoms with Crippen LogP contribution in [0, 0.1) is 0 Å². The molecule has 170 valence electrons. The molecule has 0 bridgehead atoms. The number of alkyl halides is 6. The summed E-state index contributed by atoms with van der Waals surface area (Å²) in [7, 11) is -11.6. The first-order valence-corrected chi connectivity index (χ1v) is 11.8. The molecule has 0 saturated heterocycles. The minimum Gasteiger partial charge on any atom is -0.196 e. The Morgan fingerprint density at radius 1 is 0.871 bits per heavy atom. The van der Waals surface area contributed by atoms with Gasteiger partial charge in [-0.3, -0.25) is 0 Å². The second kappa shape index (κ2) is 7.28. The Kier molecular flexibility index (Phi) is 5.56. The van der Waals surface area contributed by atoms with E-state index in [9.17, 15) is 34.8 Å². The summed E-state index contributed by atoms with van der Waals surface area (Å²) in [5.74, 6) is 0. The molecule has 1 atom stereocenters. The lowest BCUT2D eigenvalue weighted by Gasteiger charge is -2.39. The van der Waals surface area contributed by atoms with Crippen molar-refractivity contribution in [2.24, 2.45) is 0 Å². The van der Waals surface area contributed by atoms with E-state index in [2.05, 4.69) is 3.63 Å². The minimum atomic E-state index is -6.57. The normalized spacial score (nSPS) is 21.9. The van der Waals surface area contributed by atoms with Crippen molar-refractivity contribution >= 4 is 31.4 Å². The molecule has 1 aliphatic rings. The van der Waals surface area contributed by atoms with E-state index in [0.29, 0.717) is 5.56 Å². The summed E-state index contributed by atoms with van der Waals surface area (Å²) in [6, 6.07) is 10.7. The second-order valence-electron chi connectivity index (χ2n) is 7.85.